The highest BCUT2D eigenvalue weighted by Gasteiger charge is 2.51. The molecule has 0 N–H and O–H groups in total. The van der Waals surface area contributed by atoms with Crippen LogP contribution in [0, 0.1) is 0 Å². The van der Waals surface area contributed by atoms with Crippen LogP contribution in [0.2, 0.25) is 0 Å². The van der Waals surface area contributed by atoms with Crippen molar-refractivity contribution >= 4 is 25.7 Å². The van der Waals surface area contributed by atoms with E-state index in [0.717, 1.165) is 18.2 Å². The molecule has 0 aromatic carbocycles. The van der Waals surface area contributed by atoms with Crippen molar-refractivity contribution in [2.24, 2.45) is 0 Å². The average Bonchev–Trinajstić information content (AvgIpc) is 2.98. The Labute approximate surface area is 265 Å². The lowest BCUT2D eigenvalue weighted by Gasteiger charge is -2.43. The fourth-order valence-corrected chi connectivity index (χ4v) is 7.69. The van der Waals surface area contributed by atoms with Crippen molar-refractivity contribution in [3.63, 3.8) is 0 Å². The van der Waals surface area contributed by atoms with Crippen LogP contribution in [-0.4, -0.2) is 54.5 Å². The van der Waals surface area contributed by atoms with E-state index >= 15 is 4.57 Å². The standard InChI is InChI=1S/C33H57O10P/c1-10-19-31(20-11-2,25-38-28(34)16-7)41-44(37,42-32(21-12-3,22-13-4)26-39-29(35)17-8)43-33(23-14-5,24-15-6)27-40-30(36)18-9/h16-18H,7-15,19-27H2,1-6H3. The minimum absolute atomic E-state index is 0.212. The average molecular weight is 645 g/mol. The molecule has 0 aliphatic carbocycles. The van der Waals surface area contributed by atoms with Gasteiger partial charge < -0.3 is 14.2 Å². The van der Waals surface area contributed by atoms with Crippen molar-refractivity contribution in [3.05, 3.63) is 38.0 Å². The Morgan fingerprint density at radius 3 is 0.864 bits per heavy atom. The Balaban J connectivity index is 7.30. The molecule has 0 aliphatic heterocycles. The summed E-state index contributed by atoms with van der Waals surface area (Å²) in [4.78, 5) is 36.4. The molecular weight excluding hydrogens is 587 g/mol. The largest absolute Gasteiger partial charge is 0.476 e. The van der Waals surface area contributed by atoms with Crippen LogP contribution in [0.1, 0.15) is 119 Å². The van der Waals surface area contributed by atoms with E-state index < -0.39 is 42.5 Å². The molecule has 0 saturated heterocycles. The lowest BCUT2D eigenvalue weighted by atomic mass is 9.94. The lowest BCUT2D eigenvalue weighted by molar-refractivity contribution is -0.158. The molecule has 254 valence electrons. The molecule has 0 atom stereocenters. The minimum Gasteiger partial charge on any atom is -0.459 e. The predicted molar refractivity (Wildman–Crippen MR) is 172 cm³/mol. The van der Waals surface area contributed by atoms with Crippen LogP contribution in [0.3, 0.4) is 0 Å². The van der Waals surface area contributed by atoms with Gasteiger partial charge in [-0.1, -0.05) is 99.8 Å². The molecule has 0 aromatic heterocycles. The highest BCUT2D eigenvalue weighted by molar-refractivity contribution is 7.48. The van der Waals surface area contributed by atoms with Crippen LogP contribution in [0.15, 0.2) is 38.0 Å². The van der Waals surface area contributed by atoms with Gasteiger partial charge in [0.15, 0.2) is 0 Å². The Kier molecular flexibility index (Phi) is 20.4. The third-order valence-electron chi connectivity index (χ3n) is 7.08. The molecule has 0 spiro atoms. The predicted octanol–water partition coefficient (Wildman–Crippen LogP) is 8.35. The molecule has 0 aromatic rings. The van der Waals surface area contributed by atoms with Crippen molar-refractivity contribution in [2.45, 2.75) is 135 Å². The Bertz CT molecular complexity index is 823. The Morgan fingerprint density at radius 1 is 0.500 bits per heavy atom. The Hall–Kier alpha value is -2.26. The number of phosphoric ester groups is 1. The van der Waals surface area contributed by atoms with Gasteiger partial charge in [-0.2, -0.15) is 0 Å². The van der Waals surface area contributed by atoms with E-state index in [4.69, 9.17) is 27.8 Å². The summed E-state index contributed by atoms with van der Waals surface area (Å²) in [6, 6.07) is 0. The van der Waals surface area contributed by atoms with Crippen LogP contribution in [0.4, 0.5) is 0 Å². The number of ether oxygens (including phenoxy) is 3. The zero-order chi connectivity index (χ0) is 33.7. The van der Waals surface area contributed by atoms with Gasteiger partial charge in [0.25, 0.3) is 0 Å². The molecule has 0 amide bonds. The summed E-state index contributed by atoms with van der Waals surface area (Å²) < 4.78 is 51.3. The molecule has 10 nitrogen and oxygen atoms in total. The van der Waals surface area contributed by atoms with Gasteiger partial charge in [0.1, 0.15) is 36.6 Å². The number of carbonyl (C=O) groups is 3. The summed E-state index contributed by atoms with van der Waals surface area (Å²) in [7, 11) is -4.62. The normalized spacial score (nSPS) is 12.3. The van der Waals surface area contributed by atoms with E-state index in [1.54, 1.807) is 0 Å². The number of hydrogen-bond acceptors (Lipinski definition) is 10. The van der Waals surface area contributed by atoms with E-state index in [1.165, 1.54) is 0 Å². The number of hydrogen-bond donors (Lipinski definition) is 0. The molecule has 0 bridgehead atoms. The number of rotatable bonds is 27. The molecule has 11 heteroatoms. The molecule has 0 aliphatic rings. The van der Waals surface area contributed by atoms with Gasteiger partial charge in [0.05, 0.1) is 0 Å². The van der Waals surface area contributed by atoms with Gasteiger partial charge >= 0.3 is 25.7 Å². The van der Waals surface area contributed by atoms with Crippen LogP contribution in [0.5, 0.6) is 0 Å². The molecular formula is C33H57O10P. The van der Waals surface area contributed by atoms with Crippen molar-refractivity contribution < 1.29 is 46.7 Å². The molecule has 0 fully saturated rings. The topological polar surface area (TPSA) is 124 Å². The lowest BCUT2D eigenvalue weighted by Crippen LogP contribution is -2.45. The summed E-state index contributed by atoms with van der Waals surface area (Å²) in [5, 5.41) is 0. The zero-order valence-electron chi connectivity index (χ0n) is 28.0. The van der Waals surface area contributed by atoms with Gasteiger partial charge in [-0.3, -0.25) is 13.6 Å². The fraction of sp³-hybridized carbons (Fsp3) is 0.727. The van der Waals surface area contributed by atoms with Crippen LogP contribution < -0.4 is 0 Å². The summed E-state index contributed by atoms with van der Waals surface area (Å²) in [5.41, 5.74) is -3.70. The highest BCUT2D eigenvalue weighted by atomic mass is 31.2. The first-order chi connectivity index (χ1) is 20.8. The van der Waals surface area contributed by atoms with Crippen molar-refractivity contribution in [2.75, 3.05) is 19.8 Å². The van der Waals surface area contributed by atoms with E-state index in [1.807, 2.05) is 41.5 Å². The van der Waals surface area contributed by atoms with E-state index in [9.17, 15) is 14.4 Å². The highest BCUT2D eigenvalue weighted by Crippen LogP contribution is 2.61. The quantitative estimate of drug-likeness (QED) is 0.0373. The summed E-state index contributed by atoms with van der Waals surface area (Å²) >= 11 is 0. The zero-order valence-corrected chi connectivity index (χ0v) is 28.9. The molecule has 0 heterocycles. The van der Waals surface area contributed by atoms with Crippen molar-refractivity contribution in [3.8, 4) is 0 Å². The maximum Gasteiger partial charge on any atom is 0.476 e. The van der Waals surface area contributed by atoms with E-state index in [-0.39, 0.29) is 19.8 Å². The molecule has 0 saturated carbocycles. The third kappa shape index (κ3) is 14.7. The second-order valence-corrected chi connectivity index (χ2v) is 12.6. The monoisotopic (exact) mass is 644 g/mol. The first kappa shape index (κ1) is 41.7. The molecule has 44 heavy (non-hydrogen) atoms. The van der Waals surface area contributed by atoms with Crippen LogP contribution >= 0.6 is 7.82 Å². The molecule has 0 radical (unpaired) electrons. The number of esters is 3. The van der Waals surface area contributed by atoms with Crippen molar-refractivity contribution in [1.29, 1.82) is 0 Å². The first-order valence-electron chi connectivity index (χ1n) is 15.9. The van der Waals surface area contributed by atoms with Crippen LogP contribution in [0.25, 0.3) is 0 Å². The second kappa shape index (κ2) is 21.5. The van der Waals surface area contributed by atoms with Gasteiger partial charge in [-0.15, -0.1) is 0 Å². The Morgan fingerprint density at radius 2 is 0.705 bits per heavy atom. The summed E-state index contributed by atoms with van der Waals surface area (Å²) in [6.45, 7) is 21.4. The van der Waals surface area contributed by atoms with Crippen molar-refractivity contribution in [1.82, 2.24) is 0 Å². The summed E-state index contributed by atoms with van der Waals surface area (Å²) in [5.74, 6) is -1.94. The second-order valence-electron chi connectivity index (χ2n) is 11.2. The smallest absolute Gasteiger partial charge is 0.459 e. The maximum atomic E-state index is 15.3. The number of carbonyl (C=O) groups excluding carboxylic acids is 3. The van der Waals surface area contributed by atoms with Crippen LogP contribution in [-0.2, 0) is 46.7 Å². The molecule has 0 rings (SSSR count). The van der Waals surface area contributed by atoms with Gasteiger partial charge in [-0.25, -0.2) is 18.9 Å². The van der Waals surface area contributed by atoms with Gasteiger partial charge in [0.2, 0.25) is 0 Å². The fourth-order valence-electron chi connectivity index (χ4n) is 5.45. The van der Waals surface area contributed by atoms with Gasteiger partial charge in [0, 0.05) is 18.2 Å². The summed E-state index contributed by atoms with van der Waals surface area (Å²) in [6.07, 6.45) is 9.11. The number of phosphoric acid groups is 1. The third-order valence-corrected chi connectivity index (χ3v) is 8.92. The van der Waals surface area contributed by atoms with E-state index in [0.29, 0.717) is 77.0 Å². The van der Waals surface area contributed by atoms with E-state index in [2.05, 4.69) is 19.7 Å². The minimum atomic E-state index is -4.62. The first-order valence-corrected chi connectivity index (χ1v) is 17.4. The SMILES string of the molecule is C=CC(=O)OCC(CCC)(CCC)OP(=O)(OC(CCC)(CCC)COC(=O)C=C)OC(CCC)(CCC)COC(=O)C=C. The molecule has 0 unspecified atom stereocenters. The van der Waals surface area contributed by atoms with Gasteiger partial charge in [-0.05, 0) is 38.5 Å². The maximum absolute atomic E-state index is 15.3.